The van der Waals surface area contributed by atoms with Crippen LogP contribution in [0.5, 0.6) is 0 Å². The van der Waals surface area contributed by atoms with Crippen LogP contribution in [0, 0.1) is 0 Å². The maximum absolute atomic E-state index is 12.8. The second-order valence-corrected chi connectivity index (χ2v) is 17.6. The molecular weight excluding hydrogens is 765 g/mol. The first-order valence-electron chi connectivity index (χ1n) is 22.9. The number of aliphatic hydroxyl groups is 3. The Labute approximate surface area is 351 Å². The number of allylic oxidation sites excluding steroid dienone is 3. The molecule has 0 radical (unpaired) electrons. The maximum atomic E-state index is 12.8. The van der Waals surface area contributed by atoms with Crippen LogP contribution in [0.25, 0.3) is 0 Å². The summed E-state index contributed by atoms with van der Waals surface area (Å²) in [5.74, 6) is -2.04. The van der Waals surface area contributed by atoms with Crippen molar-refractivity contribution < 1.29 is 56.8 Å². The molecule has 1 aliphatic heterocycles. The van der Waals surface area contributed by atoms with Gasteiger partial charge >= 0.3 is 11.9 Å². The third kappa shape index (κ3) is 30.2. The van der Waals surface area contributed by atoms with Crippen molar-refractivity contribution in [3.05, 3.63) is 24.8 Å². The molecule has 6 atom stereocenters. The number of unbranched alkanes of at least 4 members (excludes halogenated alkanes) is 24. The topological polar surface area (TPSA) is 186 Å². The van der Waals surface area contributed by atoms with Crippen LogP contribution in [0.4, 0.5) is 0 Å². The average molecular weight is 847 g/mol. The largest absolute Gasteiger partial charge is 0.462 e. The molecule has 0 amide bonds. The van der Waals surface area contributed by atoms with E-state index < -0.39 is 71.2 Å². The number of ether oxygens (including phenoxy) is 4. The molecule has 2 unspecified atom stereocenters. The van der Waals surface area contributed by atoms with Gasteiger partial charge in [-0.2, -0.15) is 8.42 Å². The highest BCUT2D eigenvalue weighted by molar-refractivity contribution is 7.85. The molecule has 1 heterocycles. The third-order valence-electron chi connectivity index (χ3n) is 10.7. The number of carbonyl (C=O) groups excluding carboxylic acids is 2. The van der Waals surface area contributed by atoms with E-state index in [9.17, 15) is 37.9 Å². The molecule has 0 aliphatic carbocycles. The summed E-state index contributed by atoms with van der Waals surface area (Å²) in [5, 5.41) is 30.9. The van der Waals surface area contributed by atoms with Crippen LogP contribution in [0.1, 0.15) is 193 Å². The van der Waals surface area contributed by atoms with Gasteiger partial charge in [0.15, 0.2) is 12.4 Å². The maximum Gasteiger partial charge on any atom is 0.306 e. The van der Waals surface area contributed by atoms with E-state index in [-0.39, 0.29) is 19.4 Å². The molecule has 0 aromatic rings. The fourth-order valence-electron chi connectivity index (χ4n) is 7.09. The second kappa shape index (κ2) is 35.8. The van der Waals surface area contributed by atoms with Crippen LogP contribution in [0.3, 0.4) is 0 Å². The van der Waals surface area contributed by atoms with Crippen molar-refractivity contribution in [1.29, 1.82) is 0 Å². The Kier molecular flexibility index (Phi) is 33.5. The first-order chi connectivity index (χ1) is 28.0. The summed E-state index contributed by atoms with van der Waals surface area (Å²) in [4.78, 5) is 25.4. The minimum absolute atomic E-state index is 0.137. The molecule has 1 fully saturated rings. The summed E-state index contributed by atoms with van der Waals surface area (Å²) < 4.78 is 54.0. The first-order valence-corrected chi connectivity index (χ1v) is 24.5. The predicted octanol–water partition coefficient (Wildman–Crippen LogP) is 9.23. The normalized spacial score (nSPS) is 20.3. The molecule has 1 saturated heterocycles. The summed E-state index contributed by atoms with van der Waals surface area (Å²) in [6.07, 6.45) is 28.4. The molecular formula is C45H82O12S. The molecule has 0 spiro atoms. The number of rotatable bonds is 39. The summed E-state index contributed by atoms with van der Waals surface area (Å²) in [7, 11) is -4.60. The highest BCUT2D eigenvalue weighted by Crippen LogP contribution is 2.24. The Morgan fingerprint density at radius 3 is 1.62 bits per heavy atom. The SMILES string of the molecule is C=CCCCCCCCCCCCCCCCC(=O)O[C@H](COC(=O)CC/C=C/CCCCCCCCCCCCC)CO[C@H]1O[C@H](CS(=O)(=O)O)[C@@H](O)C(O)C1O. The molecule has 12 nitrogen and oxygen atoms in total. The minimum Gasteiger partial charge on any atom is -0.462 e. The van der Waals surface area contributed by atoms with Crippen LogP contribution >= 0.6 is 0 Å². The van der Waals surface area contributed by atoms with Crippen molar-refractivity contribution in [2.24, 2.45) is 0 Å². The van der Waals surface area contributed by atoms with Crippen molar-refractivity contribution in [2.45, 2.75) is 230 Å². The molecule has 0 saturated carbocycles. The molecule has 0 bridgehead atoms. The van der Waals surface area contributed by atoms with Crippen molar-refractivity contribution in [1.82, 2.24) is 0 Å². The molecule has 340 valence electrons. The Balaban J connectivity index is 2.45. The van der Waals surface area contributed by atoms with Gasteiger partial charge in [0, 0.05) is 12.8 Å². The zero-order chi connectivity index (χ0) is 42.7. The predicted molar refractivity (Wildman–Crippen MR) is 229 cm³/mol. The van der Waals surface area contributed by atoms with Gasteiger partial charge in [-0.05, 0) is 38.5 Å². The van der Waals surface area contributed by atoms with Crippen molar-refractivity contribution in [3.8, 4) is 0 Å². The second-order valence-electron chi connectivity index (χ2n) is 16.1. The molecule has 1 aliphatic rings. The fourth-order valence-corrected chi connectivity index (χ4v) is 7.78. The van der Waals surface area contributed by atoms with Crippen LogP contribution in [0.15, 0.2) is 24.8 Å². The lowest BCUT2D eigenvalue weighted by molar-refractivity contribution is -0.297. The van der Waals surface area contributed by atoms with E-state index in [1.165, 1.54) is 122 Å². The third-order valence-corrected chi connectivity index (χ3v) is 11.4. The molecule has 58 heavy (non-hydrogen) atoms. The minimum atomic E-state index is -4.60. The van der Waals surface area contributed by atoms with E-state index in [2.05, 4.69) is 19.6 Å². The lowest BCUT2D eigenvalue weighted by Crippen LogP contribution is -2.60. The first kappa shape index (κ1) is 54.1. The van der Waals surface area contributed by atoms with Gasteiger partial charge in [0.25, 0.3) is 10.1 Å². The summed E-state index contributed by atoms with van der Waals surface area (Å²) in [6, 6.07) is 0. The smallest absolute Gasteiger partial charge is 0.306 e. The highest BCUT2D eigenvalue weighted by atomic mass is 32.2. The molecule has 0 aromatic heterocycles. The van der Waals surface area contributed by atoms with Gasteiger partial charge in [0.05, 0.1) is 6.61 Å². The van der Waals surface area contributed by atoms with Gasteiger partial charge in [0.1, 0.15) is 36.8 Å². The average Bonchev–Trinajstić information content (AvgIpc) is 3.18. The molecule has 13 heteroatoms. The van der Waals surface area contributed by atoms with E-state index in [0.717, 1.165) is 38.5 Å². The Bertz CT molecular complexity index is 1160. The Hall–Kier alpha value is -1.87. The summed E-state index contributed by atoms with van der Waals surface area (Å²) in [5.41, 5.74) is 0. The van der Waals surface area contributed by atoms with E-state index in [0.29, 0.717) is 12.8 Å². The van der Waals surface area contributed by atoms with E-state index in [4.69, 9.17) is 18.9 Å². The van der Waals surface area contributed by atoms with Gasteiger partial charge in [-0.15, -0.1) is 6.58 Å². The Morgan fingerprint density at radius 1 is 0.621 bits per heavy atom. The van der Waals surface area contributed by atoms with Gasteiger partial charge < -0.3 is 34.3 Å². The number of esters is 2. The van der Waals surface area contributed by atoms with Crippen molar-refractivity contribution in [2.75, 3.05) is 19.0 Å². The fraction of sp³-hybridized carbons (Fsp3) is 0.867. The number of hydrogen-bond donors (Lipinski definition) is 4. The lowest BCUT2D eigenvalue weighted by Gasteiger charge is -2.40. The lowest BCUT2D eigenvalue weighted by atomic mass is 10.00. The standard InChI is InChI=1S/C45H82O12S/c1-3-5-7-9-11-13-15-17-19-21-23-25-27-29-31-33-40(46)54-35-38(36-55-45-44(50)43(49)42(48)39(57-45)37-58(51,52)53)56-41(47)34-32-30-28-26-24-22-20-18-16-14-12-10-8-6-4-2/h4,27,29,38-39,42-45,48-50H,2-3,5-26,28,30-37H2,1H3,(H,51,52,53)/b29-27+/t38-,39-,42-,43?,44?,45+/m1/s1. The highest BCUT2D eigenvalue weighted by Gasteiger charge is 2.46. The quantitative estimate of drug-likeness (QED) is 0.0199. The van der Waals surface area contributed by atoms with Crippen LogP contribution in [0.2, 0.25) is 0 Å². The molecule has 0 aromatic carbocycles. The van der Waals surface area contributed by atoms with Crippen molar-refractivity contribution in [3.63, 3.8) is 0 Å². The van der Waals surface area contributed by atoms with Crippen molar-refractivity contribution >= 4 is 22.1 Å². The van der Waals surface area contributed by atoms with E-state index in [1.54, 1.807) is 0 Å². The zero-order valence-electron chi connectivity index (χ0n) is 36.0. The van der Waals surface area contributed by atoms with Gasteiger partial charge in [0.2, 0.25) is 0 Å². The molecule has 4 N–H and O–H groups in total. The number of carbonyl (C=O) groups is 2. The number of hydrogen-bond acceptors (Lipinski definition) is 11. The van der Waals surface area contributed by atoms with E-state index >= 15 is 0 Å². The van der Waals surface area contributed by atoms with Crippen LogP contribution in [-0.4, -0.2) is 96.0 Å². The van der Waals surface area contributed by atoms with E-state index in [1.807, 2.05) is 12.2 Å². The van der Waals surface area contributed by atoms with Gasteiger partial charge in [-0.25, -0.2) is 0 Å². The van der Waals surface area contributed by atoms with Crippen LogP contribution < -0.4 is 0 Å². The monoisotopic (exact) mass is 847 g/mol. The van der Waals surface area contributed by atoms with Crippen LogP contribution in [-0.2, 0) is 38.7 Å². The van der Waals surface area contributed by atoms with Gasteiger partial charge in [-0.3, -0.25) is 14.1 Å². The molecule has 1 rings (SSSR count). The summed E-state index contributed by atoms with van der Waals surface area (Å²) >= 11 is 0. The summed E-state index contributed by atoms with van der Waals surface area (Å²) in [6.45, 7) is 5.26. The number of aliphatic hydroxyl groups excluding tert-OH is 3. The van der Waals surface area contributed by atoms with Gasteiger partial charge in [-0.1, -0.05) is 160 Å². The Morgan fingerprint density at radius 2 is 1.10 bits per heavy atom. The zero-order valence-corrected chi connectivity index (χ0v) is 36.8.